The topological polar surface area (TPSA) is 94.6 Å². The van der Waals surface area contributed by atoms with E-state index < -0.39 is 20.7 Å². The van der Waals surface area contributed by atoms with E-state index in [1.54, 1.807) is 38.1 Å². The molecule has 7 nitrogen and oxygen atoms in total. The van der Waals surface area contributed by atoms with Gasteiger partial charge < -0.3 is 10.1 Å². The second-order valence-corrected chi connectivity index (χ2v) is 11.8. The van der Waals surface area contributed by atoms with Crippen LogP contribution in [-0.4, -0.2) is 26.4 Å². The SMILES string of the molecule is COS(=O)(=O)C(C)(C)c1ccc2sc(C(=O)Nc3cc(Cl)nc(Oc4ccc(F)cc4)c3)cc2c1. The molecular weight excluding hydrogens is 515 g/mol. The highest BCUT2D eigenvalue weighted by molar-refractivity contribution is 7.87. The zero-order valence-corrected chi connectivity index (χ0v) is 21.2. The van der Waals surface area contributed by atoms with Crippen molar-refractivity contribution in [2.45, 2.75) is 18.6 Å². The van der Waals surface area contributed by atoms with Gasteiger partial charge in [0.2, 0.25) is 5.88 Å². The van der Waals surface area contributed by atoms with E-state index in [2.05, 4.69) is 10.3 Å². The van der Waals surface area contributed by atoms with Gasteiger partial charge in [-0.05, 0) is 73.3 Å². The molecular formula is C24H20ClFN2O5S2. The summed E-state index contributed by atoms with van der Waals surface area (Å²) in [5, 5.41) is 3.59. The van der Waals surface area contributed by atoms with E-state index in [9.17, 15) is 17.6 Å². The Labute approximate surface area is 210 Å². The second-order valence-electron chi connectivity index (χ2n) is 8.02. The van der Waals surface area contributed by atoms with Crippen molar-refractivity contribution in [1.82, 2.24) is 4.98 Å². The first-order chi connectivity index (χ1) is 16.5. The van der Waals surface area contributed by atoms with Gasteiger partial charge in [-0.25, -0.2) is 9.37 Å². The van der Waals surface area contributed by atoms with Crippen molar-refractivity contribution in [3.05, 3.63) is 82.1 Å². The Morgan fingerprint density at radius 2 is 1.80 bits per heavy atom. The summed E-state index contributed by atoms with van der Waals surface area (Å²) in [5.74, 6) is -0.297. The number of benzene rings is 2. The summed E-state index contributed by atoms with van der Waals surface area (Å²) in [5.41, 5.74) is 0.901. The minimum absolute atomic E-state index is 0.0995. The first-order valence-corrected chi connectivity index (χ1v) is 12.9. The van der Waals surface area contributed by atoms with Gasteiger partial charge in [0.15, 0.2) is 0 Å². The molecule has 11 heteroatoms. The van der Waals surface area contributed by atoms with Crippen molar-refractivity contribution in [3.8, 4) is 11.6 Å². The van der Waals surface area contributed by atoms with Crippen LogP contribution in [-0.2, 0) is 19.0 Å². The summed E-state index contributed by atoms with van der Waals surface area (Å²) in [7, 11) is -2.70. The zero-order chi connectivity index (χ0) is 25.4. The molecule has 35 heavy (non-hydrogen) atoms. The molecule has 0 saturated heterocycles. The van der Waals surface area contributed by atoms with Crippen molar-refractivity contribution in [2.75, 3.05) is 12.4 Å². The molecule has 1 N–H and O–H groups in total. The molecule has 0 atom stereocenters. The van der Waals surface area contributed by atoms with Gasteiger partial charge in [-0.1, -0.05) is 17.7 Å². The van der Waals surface area contributed by atoms with Crippen molar-refractivity contribution < 1.29 is 26.5 Å². The number of hydrogen-bond donors (Lipinski definition) is 1. The maximum atomic E-state index is 13.1. The molecule has 4 aromatic rings. The molecule has 0 aliphatic rings. The first-order valence-electron chi connectivity index (χ1n) is 10.2. The van der Waals surface area contributed by atoms with E-state index in [-0.39, 0.29) is 16.9 Å². The number of halogens is 2. The maximum Gasteiger partial charge on any atom is 0.276 e. The summed E-state index contributed by atoms with van der Waals surface area (Å²) >= 11 is 7.35. The van der Waals surface area contributed by atoms with Crippen molar-refractivity contribution in [2.24, 2.45) is 0 Å². The number of thiophene rings is 1. The number of fused-ring (bicyclic) bond motifs is 1. The largest absolute Gasteiger partial charge is 0.439 e. The quantitative estimate of drug-likeness (QED) is 0.219. The number of anilines is 1. The molecule has 0 aliphatic carbocycles. The Morgan fingerprint density at radius 3 is 2.49 bits per heavy atom. The number of rotatable bonds is 7. The Bertz CT molecular complexity index is 1520. The van der Waals surface area contributed by atoms with Gasteiger partial charge in [-0.15, -0.1) is 11.3 Å². The standard InChI is InChI=1S/C24H20ClFN2O5S2/c1-24(2,35(30,31)32-3)15-4-9-19-14(10-15)11-20(34-19)23(29)27-17-12-21(25)28-22(13-17)33-18-7-5-16(26)6-8-18/h4-13H,1-3H3,(H,27,28,29). The average molecular weight is 535 g/mol. The van der Waals surface area contributed by atoms with E-state index in [0.29, 0.717) is 21.9 Å². The lowest BCUT2D eigenvalue weighted by Gasteiger charge is -2.23. The van der Waals surface area contributed by atoms with Crippen LogP contribution in [0.3, 0.4) is 0 Å². The maximum absolute atomic E-state index is 13.1. The van der Waals surface area contributed by atoms with Crippen LogP contribution in [0.1, 0.15) is 29.1 Å². The summed E-state index contributed by atoms with van der Waals surface area (Å²) in [4.78, 5) is 17.4. The van der Waals surface area contributed by atoms with Crippen LogP contribution < -0.4 is 10.1 Å². The molecule has 0 fully saturated rings. The molecule has 4 rings (SSSR count). The fourth-order valence-electron chi connectivity index (χ4n) is 3.30. The van der Waals surface area contributed by atoms with Gasteiger partial charge in [0.05, 0.1) is 12.0 Å². The lowest BCUT2D eigenvalue weighted by molar-refractivity contribution is 0.103. The molecule has 0 radical (unpaired) electrons. The average Bonchev–Trinajstić information content (AvgIpc) is 3.24. The number of ether oxygens (including phenoxy) is 1. The third-order valence-corrected chi connectivity index (χ3v) is 8.58. The predicted molar refractivity (Wildman–Crippen MR) is 134 cm³/mol. The Hall–Kier alpha value is -3.05. The Kier molecular flexibility index (Phi) is 6.83. The third kappa shape index (κ3) is 5.30. The number of aromatic nitrogens is 1. The molecule has 0 saturated carbocycles. The summed E-state index contributed by atoms with van der Waals surface area (Å²) in [6.07, 6.45) is 0. The van der Waals surface area contributed by atoms with Gasteiger partial charge in [-0.3, -0.25) is 8.98 Å². The van der Waals surface area contributed by atoms with Crippen LogP contribution in [0.15, 0.2) is 60.7 Å². The van der Waals surface area contributed by atoms with Crippen LogP contribution in [0, 0.1) is 5.82 Å². The van der Waals surface area contributed by atoms with Gasteiger partial charge in [-0.2, -0.15) is 8.42 Å². The molecule has 2 aromatic heterocycles. The highest BCUT2D eigenvalue weighted by Crippen LogP contribution is 2.35. The van der Waals surface area contributed by atoms with Crippen molar-refractivity contribution in [1.29, 1.82) is 0 Å². The smallest absolute Gasteiger partial charge is 0.276 e. The highest BCUT2D eigenvalue weighted by Gasteiger charge is 2.36. The number of carbonyl (C=O) groups excluding carboxylic acids is 1. The van der Waals surface area contributed by atoms with Crippen LogP contribution in [0.5, 0.6) is 11.6 Å². The number of carbonyl (C=O) groups is 1. The first kappa shape index (κ1) is 25.1. The van der Waals surface area contributed by atoms with Crippen LogP contribution in [0.2, 0.25) is 5.15 Å². The summed E-state index contributed by atoms with van der Waals surface area (Å²) in [6.45, 7) is 3.12. The minimum atomic E-state index is -3.83. The van der Waals surface area contributed by atoms with E-state index >= 15 is 0 Å². The predicted octanol–water partition coefficient (Wildman–Crippen LogP) is 6.34. The van der Waals surface area contributed by atoms with E-state index in [1.807, 2.05) is 0 Å². The van der Waals surface area contributed by atoms with Crippen LogP contribution >= 0.6 is 22.9 Å². The fourth-order valence-corrected chi connectivity index (χ4v) is 5.27. The van der Waals surface area contributed by atoms with Crippen molar-refractivity contribution >= 4 is 54.7 Å². The third-order valence-electron chi connectivity index (χ3n) is 5.34. The molecule has 1 amide bonds. The monoisotopic (exact) mass is 534 g/mol. The van der Waals surface area contributed by atoms with E-state index in [0.717, 1.165) is 17.2 Å². The molecule has 0 bridgehead atoms. The molecule has 2 heterocycles. The van der Waals surface area contributed by atoms with Gasteiger partial charge in [0.1, 0.15) is 21.5 Å². The van der Waals surface area contributed by atoms with E-state index in [1.165, 1.54) is 47.7 Å². The number of nitrogens with zero attached hydrogens (tertiary/aromatic N) is 1. The summed E-state index contributed by atoms with van der Waals surface area (Å²) < 4.78 is 47.6. The van der Waals surface area contributed by atoms with Gasteiger partial charge in [0, 0.05) is 16.5 Å². The normalized spacial score (nSPS) is 12.0. The van der Waals surface area contributed by atoms with E-state index in [4.69, 9.17) is 20.5 Å². The molecule has 0 aliphatic heterocycles. The number of hydrogen-bond acceptors (Lipinski definition) is 7. The number of amides is 1. The molecule has 2 aromatic carbocycles. The minimum Gasteiger partial charge on any atom is -0.439 e. The lowest BCUT2D eigenvalue weighted by atomic mass is 10.0. The van der Waals surface area contributed by atoms with Crippen molar-refractivity contribution in [3.63, 3.8) is 0 Å². The lowest BCUT2D eigenvalue weighted by Crippen LogP contribution is -2.30. The number of pyridine rings is 1. The number of nitrogens with one attached hydrogen (secondary N) is 1. The van der Waals surface area contributed by atoms with Crippen LogP contribution in [0.25, 0.3) is 10.1 Å². The van der Waals surface area contributed by atoms with Gasteiger partial charge >= 0.3 is 0 Å². The fraction of sp³-hybridized carbons (Fsp3) is 0.167. The molecule has 0 unspecified atom stereocenters. The molecule has 182 valence electrons. The van der Waals surface area contributed by atoms with Crippen LogP contribution in [0.4, 0.5) is 10.1 Å². The zero-order valence-electron chi connectivity index (χ0n) is 18.8. The van der Waals surface area contributed by atoms with Gasteiger partial charge in [0.25, 0.3) is 16.0 Å². The Morgan fingerprint density at radius 1 is 1.09 bits per heavy atom. The summed E-state index contributed by atoms with van der Waals surface area (Å²) in [6, 6.07) is 15.3. The Balaban J connectivity index is 1.57. The molecule has 0 spiro atoms. The second kappa shape index (κ2) is 9.54. The highest BCUT2D eigenvalue weighted by atomic mass is 35.5.